The van der Waals surface area contributed by atoms with Crippen LogP contribution in [-0.4, -0.2) is 35.4 Å². The molecule has 0 spiro atoms. The molecule has 0 amide bonds. The second kappa shape index (κ2) is 9.72. The van der Waals surface area contributed by atoms with Crippen molar-refractivity contribution in [1.82, 2.24) is 0 Å². The fourth-order valence-corrected chi connectivity index (χ4v) is 5.28. The molecule has 1 aliphatic heterocycles. The van der Waals surface area contributed by atoms with E-state index in [1.54, 1.807) is 6.08 Å². The van der Waals surface area contributed by atoms with Crippen LogP contribution in [0.5, 0.6) is 0 Å². The topological polar surface area (TPSA) is 72.8 Å². The predicted molar refractivity (Wildman–Crippen MR) is 120 cm³/mol. The van der Waals surface area contributed by atoms with Crippen LogP contribution < -0.4 is 0 Å². The molecule has 1 N–H and O–H groups in total. The van der Waals surface area contributed by atoms with E-state index in [0.717, 1.165) is 12.8 Å². The van der Waals surface area contributed by atoms with Crippen molar-refractivity contribution in [2.75, 3.05) is 0 Å². The van der Waals surface area contributed by atoms with Gasteiger partial charge in [0.25, 0.3) is 0 Å². The van der Waals surface area contributed by atoms with Gasteiger partial charge in [-0.05, 0) is 55.9 Å². The maximum Gasteiger partial charge on any atom is 0.315 e. The second-order valence-corrected chi connectivity index (χ2v) is 9.99. The molecule has 1 saturated heterocycles. The molecule has 3 rings (SSSR count). The van der Waals surface area contributed by atoms with E-state index in [1.807, 2.05) is 13.8 Å². The van der Waals surface area contributed by atoms with Gasteiger partial charge in [-0.25, -0.2) is 0 Å². The van der Waals surface area contributed by atoms with Crippen molar-refractivity contribution in [2.45, 2.75) is 84.5 Å². The van der Waals surface area contributed by atoms with E-state index >= 15 is 0 Å². The highest BCUT2D eigenvalue weighted by atomic mass is 16.6. The molecular formula is C26H38O5. The summed E-state index contributed by atoms with van der Waals surface area (Å²) in [5.74, 6) is 0.578. The van der Waals surface area contributed by atoms with E-state index in [1.165, 1.54) is 5.57 Å². The van der Waals surface area contributed by atoms with Gasteiger partial charge in [0.15, 0.2) is 0 Å². The molecule has 1 unspecified atom stereocenters. The van der Waals surface area contributed by atoms with Crippen molar-refractivity contribution in [3.05, 3.63) is 36.5 Å². The number of allylic oxidation sites excluding steroid dienone is 3. The number of cyclic esters (lactones) is 1. The predicted octanol–water partition coefficient (Wildman–Crippen LogP) is 4.75. The Morgan fingerprint density at radius 3 is 2.74 bits per heavy atom. The van der Waals surface area contributed by atoms with Crippen LogP contribution in [0, 0.1) is 29.1 Å². The molecule has 0 aromatic carbocycles. The average molecular weight is 431 g/mol. The van der Waals surface area contributed by atoms with Crippen molar-refractivity contribution in [2.24, 2.45) is 29.1 Å². The molecule has 5 heteroatoms. The normalized spacial score (nSPS) is 37.1. The van der Waals surface area contributed by atoms with E-state index in [2.05, 4.69) is 38.7 Å². The summed E-state index contributed by atoms with van der Waals surface area (Å²) >= 11 is 0. The van der Waals surface area contributed by atoms with Gasteiger partial charge in [-0.15, -0.1) is 6.58 Å². The van der Waals surface area contributed by atoms with Crippen molar-refractivity contribution >= 4 is 11.9 Å². The molecule has 0 saturated carbocycles. The number of ether oxygens (including phenoxy) is 2. The van der Waals surface area contributed by atoms with E-state index in [9.17, 15) is 14.7 Å². The summed E-state index contributed by atoms with van der Waals surface area (Å²) < 4.78 is 11.6. The zero-order valence-electron chi connectivity index (χ0n) is 19.4. The fraction of sp³-hybridized carbons (Fsp3) is 0.692. The molecule has 0 radical (unpaired) electrons. The van der Waals surface area contributed by atoms with Crippen LogP contribution >= 0.6 is 0 Å². The lowest BCUT2D eigenvalue weighted by Gasteiger charge is -2.44. The second-order valence-electron chi connectivity index (χ2n) is 9.99. The van der Waals surface area contributed by atoms with Crippen molar-refractivity contribution in [1.29, 1.82) is 0 Å². The zero-order valence-corrected chi connectivity index (χ0v) is 19.4. The molecule has 0 aromatic rings. The number of aliphatic hydroxyl groups excluding tert-OH is 1. The van der Waals surface area contributed by atoms with Gasteiger partial charge in [-0.1, -0.05) is 45.1 Å². The van der Waals surface area contributed by atoms with Gasteiger partial charge in [-0.3, -0.25) is 9.59 Å². The number of rotatable bonds is 7. The lowest BCUT2D eigenvalue weighted by molar-refractivity contribution is -0.164. The summed E-state index contributed by atoms with van der Waals surface area (Å²) in [5.41, 5.74) is 0.569. The largest absolute Gasteiger partial charge is 0.462 e. The number of hydrogen-bond donors (Lipinski definition) is 1. The summed E-state index contributed by atoms with van der Waals surface area (Å²) in [6.07, 6.45) is 11.0. The Hall–Kier alpha value is -1.88. The lowest BCUT2D eigenvalue weighted by Crippen LogP contribution is -2.43. The van der Waals surface area contributed by atoms with Crippen LogP contribution in [0.25, 0.3) is 0 Å². The maximum absolute atomic E-state index is 13.0. The highest BCUT2D eigenvalue weighted by molar-refractivity contribution is 5.78. The fourth-order valence-electron chi connectivity index (χ4n) is 5.28. The van der Waals surface area contributed by atoms with Crippen LogP contribution in [0.3, 0.4) is 0 Å². The number of fused-ring (bicyclic) bond motifs is 1. The van der Waals surface area contributed by atoms with Gasteiger partial charge in [0, 0.05) is 12.3 Å². The number of hydrogen-bond acceptors (Lipinski definition) is 5. The highest BCUT2D eigenvalue weighted by Gasteiger charge is 2.43. The zero-order chi connectivity index (χ0) is 22.8. The van der Waals surface area contributed by atoms with Gasteiger partial charge < -0.3 is 14.6 Å². The summed E-state index contributed by atoms with van der Waals surface area (Å²) in [4.78, 5) is 24.7. The first kappa shape index (κ1) is 23.8. The molecule has 2 aliphatic carbocycles. The molecule has 172 valence electrons. The number of aliphatic hydroxyl groups is 1. The van der Waals surface area contributed by atoms with Crippen molar-refractivity contribution in [3.63, 3.8) is 0 Å². The Balaban J connectivity index is 1.78. The van der Waals surface area contributed by atoms with Crippen LogP contribution in [0.15, 0.2) is 36.5 Å². The maximum atomic E-state index is 13.0. The number of carbonyl (C=O) groups excluding carboxylic acids is 2. The molecular weight excluding hydrogens is 392 g/mol. The minimum absolute atomic E-state index is 0.0873. The van der Waals surface area contributed by atoms with Gasteiger partial charge in [0.05, 0.1) is 17.9 Å². The highest BCUT2D eigenvalue weighted by Crippen LogP contribution is 2.45. The molecule has 0 bridgehead atoms. The third-order valence-corrected chi connectivity index (χ3v) is 7.56. The third kappa shape index (κ3) is 5.31. The Labute approximate surface area is 186 Å². The van der Waals surface area contributed by atoms with Crippen molar-refractivity contribution in [3.8, 4) is 0 Å². The van der Waals surface area contributed by atoms with E-state index in [4.69, 9.17) is 9.47 Å². The summed E-state index contributed by atoms with van der Waals surface area (Å²) in [7, 11) is 0. The molecule has 0 aromatic heterocycles. The Morgan fingerprint density at radius 2 is 2.10 bits per heavy atom. The average Bonchev–Trinajstić information content (AvgIpc) is 2.71. The Kier molecular flexibility index (Phi) is 7.46. The van der Waals surface area contributed by atoms with Gasteiger partial charge in [-0.2, -0.15) is 0 Å². The van der Waals surface area contributed by atoms with Crippen LogP contribution in [0.2, 0.25) is 0 Å². The molecule has 3 aliphatic rings. The van der Waals surface area contributed by atoms with E-state index in [0.29, 0.717) is 31.1 Å². The van der Waals surface area contributed by atoms with Crippen LogP contribution in [-0.2, 0) is 19.1 Å². The minimum atomic E-state index is -0.678. The van der Waals surface area contributed by atoms with E-state index in [-0.39, 0.29) is 42.4 Å². The first-order valence-electron chi connectivity index (χ1n) is 11.8. The molecule has 1 fully saturated rings. The number of esters is 2. The quantitative estimate of drug-likeness (QED) is 0.466. The van der Waals surface area contributed by atoms with Gasteiger partial charge in [0.1, 0.15) is 12.2 Å². The Bertz CT molecular complexity index is 753. The lowest BCUT2D eigenvalue weighted by atomic mass is 9.65. The van der Waals surface area contributed by atoms with E-state index < -0.39 is 11.5 Å². The minimum Gasteiger partial charge on any atom is -0.462 e. The standard InChI is InChI=1S/C26H38O5/c1-6-26(5,7-2)25(29)31-22-13-16(3)12-18-9-8-17(4)21(24(18)22)11-10-20-14-19(27)15-23(28)30-20/h6,8-9,12,16-17,19-22,24,27H,1,7,10-11,13-15H2,2-5H3/t16-,17-,19+,20+,21-,22-,24-,26?/m0/s1. The smallest absolute Gasteiger partial charge is 0.315 e. The summed E-state index contributed by atoms with van der Waals surface area (Å²) in [6.45, 7) is 12.1. The third-order valence-electron chi connectivity index (χ3n) is 7.56. The summed E-state index contributed by atoms with van der Waals surface area (Å²) in [5, 5.41) is 9.93. The molecule has 1 heterocycles. The molecule has 5 nitrogen and oxygen atoms in total. The monoisotopic (exact) mass is 430 g/mol. The van der Waals surface area contributed by atoms with Crippen molar-refractivity contribution < 1.29 is 24.2 Å². The Morgan fingerprint density at radius 1 is 1.35 bits per heavy atom. The molecule has 8 atom stereocenters. The molecule has 31 heavy (non-hydrogen) atoms. The first-order valence-corrected chi connectivity index (χ1v) is 11.8. The van der Waals surface area contributed by atoms with Crippen LogP contribution in [0.1, 0.15) is 66.2 Å². The first-order chi connectivity index (χ1) is 14.7. The summed E-state index contributed by atoms with van der Waals surface area (Å²) in [6, 6.07) is 0. The SMILES string of the molecule is C=CC(C)(CC)C(=O)O[C@H]1C[C@@H](C)C=C2C=C[C@H](C)[C@H](CC[C@@H]3C[C@@H](O)CC(=O)O3)[C@H]21. The van der Waals surface area contributed by atoms with Gasteiger partial charge >= 0.3 is 11.9 Å². The number of carbonyl (C=O) groups is 2. The van der Waals surface area contributed by atoms with Gasteiger partial charge in [0.2, 0.25) is 0 Å². The van der Waals surface area contributed by atoms with Crippen LogP contribution in [0.4, 0.5) is 0 Å².